The van der Waals surface area contributed by atoms with Crippen molar-refractivity contribution in [3.8, 4) is 5.69 Å². The first-order valence-electron chi connectivity index (χ1n) is 11.1. The van der Waals surface area contributed by atoms with E-state index in [4.69, 9.17) is 9.90 Å². The number of halogens is 3. The topological polar surface area (TPSA) is 142 Å². The molecule has 0 bridgehead atoms. The quantitative estimate of drug-likeness (QED) is 0.419. The van der Waals surface area contributed by atoms with Gasteiger partial charge in [-0.05, 0) is 55.2 Å². The average Bonchev–Trinajstić information content (AvgIpc) is 3.22. The van der Waals surface area contributed by atoms with Crippen molar-refractivity contribution in [3.05, 3.63) is 42.5 Å². The first-order valence-corrected chi connectivity index (χ1v) is 12.9. The number of benzene rings is 1. The van der Waals surface area contributed by atoms with E-state index in [1.54, 1.807) is 12.7 Å². The van der Waals surface area contributed by atoms with Crippen molar-refractivity contribution < 1.29 is 37.4 Å². The molecule has 3 N–H and O–H groups in total. The fourth-order valence-electron chi connectivity index (χ4n) is 4.26. The molecule has 0 atom stereocenters. The third-order valence-corrected chi connectivity index (χ3v) is 6.96. The summed E-state index contributed by atoms with van der Waals surface area (Å²) in [7, 11) is -0.0432. The Labute approximate surface area is 205 Å². The van der Waals surface area contributed by atoms with Gasteiger partial charge in [-0.2, -0.15) is 13.2 Å². The zero-order chi connectivity index (χ0) is 26.7. The van der Waals surface area contributed by atoms with Crippen molar-refractivity contribution in [3.63, 3.8) is 0 Å². The molecule has 36 heavy (non-hydrogen) atoms. The molecule has 0 unspecified atom stereocenters. The molecule has 0 radical (unpaired) electrons. The molecule has 1 aliphatic carbocycles. The van der Waals surface area contributed by atoms with Crippen molar-refractivity contribution >= 4 is 30.5 Å². The van der Waals surface area contributed by atoms with Gasteiger partial charge in [-0.25, -0.2) is 19.7 Å². The largest absolute Gasteiger partial charge is 0.490 e. The minimum absolute atomic E-state index is 0.0170. The molecule has 3 aromatic rings. The molecule has 4 rings (SSSR count). The smallest absolute Gasteiger partial charge is 0.475 e. The number of imidazole rings is 1. The van der Waals surface area contributed by atoms with Crippen LogP contribution in [-0.2, 0) is 9.36 Å². The van der Waals surface area contributed by atoms with Gasteiger partial charge in [0.25, 0.3) is 0 Å². The van der Waals surface area contributed by atoms with Gasteiger partial charge in [-0.15, -0.1) is 0 Å². The van der Waals surface area contributed by atoms with Gasteiger partial charge >= 0.3 is 19.7 Å². The number of nitrogens with zero attached hydrogens (tertiary/aromatic N) is 5. The highest BCUT2D eigenvalue weighted by atomic mass is 31.2. The summed E-state index contributed by atoms with van der Waals surface area (Å²) in [5, 5.41) is 7.12. The van der Waals surface area contributed by atoms with E-state index in [0.29, 0.717) is 5.92 Å². The molecule has 0 saturated heterocycles. The van der Waals surface area contributed by atoms with Gasteiger partial charge in [0.1, 0.15) is 12.7 Å². The average molecular weight is 529 g/mol. The summed E-state index contributed by atoms with van der Waals surface area (Å²) in [6, 6.07) is 8.44. The molecule has 196 valence electrons. The summed E-state index contributed by atoms with van der Waals surface area (Å²) in [4.78, 5) is 42.4. The first kappa shape index (κ1) is 27.6. The van der Waals surface area contributed by atoms with Crippen LogP contribution in [0.3, 0.4) is 0 Å². The lowest BCUT2D eigenvalue weighted by molar-refractivity contribution is -0.192. The number of carbonyl (C=O) groups is 1. The Morgan fingerprint density at radius 3 is 2.17 bits per heavy atom. The molecule has 1 fully saturated rings. The maximum Gasteiger partial charge on any atom is 0.490 e. The third-order valence-electron chi connectivity index (χ3n) is 5.97. The zero-order valence-corrected chi connectivity index (χ0v) is 20.5. The first-order chi connectivity index (χ1) is 16.8. The van der Waals surface area contributed by atoms with Crippen molar-refractivity contribution in [2.24, 2.45) is 5.92 Å². The number of alkyl halides is 3. The molecule has 0 amide bonds. The van der Waals surface area contributed by atoms with E-state index in [1.807, 2.05) is 23.6 Å². The molecular formula is C22H27F3N5O5P. The summed E-state index contributed by atoms with van der Waals surface area (Å²) < 4.78 is 44.9. The predicted octanol–water partition coefficient (Wildman–Crippen LogP) is 3.97. The second-order valence-electron chi connectivity index (χ2n) is 8.84. The van der Waals surface area contributed by atoms with Gasteiger partial charge in [0.15, 0.2) is 17.0 Å². The Hall–Kier alpha value is -3.02. The molecule has 1 aromatic carbocycles. The highest BCUT2D eigenvalue weighted by molar-refractivity contribution is 7.51. The van der Waals surface area contributed by atoms with Crippen molar-refractivity contribution in [2.75, 3.05) is 25.2 Å². The summed E-state index contributed by atoms with van der Waals surface area (Å²) in [6.45, 7) is 0. The lowest BCUT2D eigenvalue weighted by atomic mass is 9.79. The van der Waals surface area contributed by atoms with E-state index in [2.05, 4.69) is 39.2 Å². The van der Waals surface area contributed by atoms with Gasteiger partial charge in [0.2, 0.25) is 0 Å². The van der Waals surface area contributed by atoms with Crippen LogP contribution in [0.4, 0.5) is 19.0 Å². The van der Waals surface area contributed by atoms with Crippen LogP contribution in [0.2, 0.25) is 0 Å². The van der Waals surface area contributed by atoms with E-state index in [1.165, 1.54) is 5.56 Å². The van der Waals surface area contributed by atoms with Crippen LogP contribution < -0.4 is 4.90 Å². The number of anilines is 1. The van der Waals surface area contributed by atoms with Crippen molar-refractivity contribution in [1.29, 1.82) is 0 Å². The van der Waals surface area contributed by atoms with E-state index in [0.717, 1.165) is 48.4 Å². The van der Waals surface area contributed by atoms with Crippen LogP contribution in [0.25, 0.3) is 16.9 Å². The highest BCUT2D eigenvalue weighted by Gasteiger charge is 2.38. The van der Waals surface area contributed by atoms with Gasteiger partial charge < -0.3 is 19.8 Å². The van der Waals surface area contributed by atoms with Crippen LogP contribution in [0.15, 0.2) is 36.9 Å². The maximum atomic E-state index is 11.2. The fourth-order valence-corrected chi connectivity index (χ4v) is 5.30. The maximum absolute atomic E-state index is 11.2. The number of fused-ring (bicyclic) bond motifs is 1. The van der Waals surface area contributed by atoms with Crippen LogP contribution in [0, 0.1) is 5.92 Å². The Morgan fingerprint density at radius 1 is 1.08 bits per heavy atom. The van der Waals surface area contributed by atoms with E-state index in [-0.39, 0.29) is 12.1 Å². The highest BCUT2D eigenvalue weighted by Crippen LogP contribution is 2.44. The summed E-state index contributed by atoms with van der Waals surface area (Å²) in [6.07, 6.45) is 1.94. The molecule has 1 saturated carbocycles. The normalized spacial score (nSPS) is 18.4. The number of aromatic nitrogens is 4. The molecule has 0 aliphatic heterocycles. The number of rotatable bonds is 5. The monoisotopic (exact) mass is 529 g/mol. The van der Waals surface area contributed by atoms with Crippen LogP contribution in [-0.4, -0.2) is 66.8 Å². The number of hydrogen-bond donors (Lipinski definition) is 3. The second kappa shape index (κ2) is 10.9. The molecule has 10 nitrogen and oxygen atoms in total. The van der Waals surface area contributed by atoms with Gasteiger partial charge in [0.05, 0.1) is 6.16 Å². The number of carboxylic acid groups (broad SMARTS) is 1. The lowest BCUT2D eigenvalue weighted by Crippen LogP contribution is -2.21. The van der Waals surface area contributed by atoms with E-state index in [9.17, 15) is 27.5 Å². The van der Waals surface area contributed by atoms with E-state index < -0.39 is 19.7 Å². The Bertz CT molecular complexity index is 1240. The van der Waals surface area contributed by atoms with Gasteiger partial charge in [0, 0.05) is 19.8 Å². The molecular weight excluding hydrogens is 502 g/mol. The molecule has 2 heterocycles. The summed E-state index contributed by atoms with van der Waals surface area (Å²) >= 11 is 0. The Balaban J connectivity index is 0.000000454. The fraction of sp³-hybridized carbons (Fsp3) is 0.455. The summed E-state index contributed by atoms with van der Waals surface area (Å²) in [5.74, 6) is -1.39. The number of carboxylic acids is 1. The van der Waals surface area contributed by atoms with E-state index >= 15 is 0 Å². The van der Waals surface area contributed by atoms with Crippen molar-refractivity contribution in [2.45, 2.75) is 37.8 Å². The Kier molecular flexibility index (Phi) is 8.37. The standard InChI is InChI=1S/C20H26N5O3P.C2HF3O2/c1-24(2)19-18-20(22-12-21-19)25(13-23-18)17-9-7-16(8-10-17)15-5-3-14(4-6-15)11-29(26,27)28;3-2(4,5)1(6)7/h7-10,12-15H,3-6,11H2,1-2H3,(H2,26,27,28);(H,6,7). The minimum Gasteiger partial charge on any atom is -0.475 e. The minimum atomic E-state index is -5.08. The van der Waals surface area contributed by atoms with Crippen LogP contribution in [0.1, 0.15) is 37.2 Å². The van der Waals surface area contributed by atoms with Crippen LogP contribution in [0.5, 0.6) is 0 Å². The van der Waals surface area contributed by atoms with Crippen LogP contribution >= 0.6 is 7.60 Å². The summed E-state index contributed by atoms with van der Waals surface area (Å²) in [5.41, 5.74) is 3.81. The number of aliphatic carboxylic acids is 1. The van der Waals surface area contributed by atoms with Gasteiger partial charge in [-0.3, -0.25) is 9.13 Å². The molecule has 1 aliphatic rings. The zero-order valence-electron chi connectivity index (χ0n) is 19.6. The molecule has 14 heteroatoms. The molecule has 0 spiro atoms. The predicted molar refractivity (Wildman–Crippen MR) is 126 cm³/mol. The SMILES string of the molecule is CN(C)c1ncnc2c1ncn2-c1ccc(C2CCC(CP(=O)(O)O)CC2)cc1.O=C(O)C(F)(F)F. The van der Waals surface area contributed by atoms with Crippen molar-refractivity contribution in [1.82, 2.24) is 19.5 Å². The number of hydrogen-bond acceptors (Lipinski definition) is 6. The molecule has 2 aromatic heterocycles. The second-order valence-corrected chi connectivity index (χ2v) is 10.5. The third kappa shape index (κ3) is 7.02. The lowest BCUT2D eigenvalue weighted by Gasteiger charge is -2.29. The van der Waals surface area contributed by atoms with Gasteiger partial charge in [-0.1, -0.05) is 12.1 Å². The Morgan fingerprint density at radius 2 is 1.67 bits per heavy atom.